The lowest BCUT2D eigenvalue weighted by atomic mass is 10.0. The molecule has 6 nitrogen and oxygen atoms in total. The topological polar surface area (TPSA) is 98.5 Å². The van der Waals surface area contributed by atoms with Gasteiger partial charge in [-0.2, -0.15) is 13.2 Å². The molecular formula is C19H17F3N2O4. The highest BCUT2D eigenvalue weighted by Crippen LogP contribution is 2.29. The van der Waals surface area contributed by atoms with Crippen molar-refractivity contribution in [3.8, 4) is 5.75 Å². The molecule has 2 amide bonds. The van der Waals surface area contributed by atoms with E-state index in [0.29, 0.717) is 5.56 Å². The molecule has 2 aromatic carbocycles. The van der Waals surface area contributed by atoms with Crippen molar-refractivity contribution in [3.05, 3.63) is 65.2 Å². The van der Waals surface area contributed by atoms with E-state index in [4.69, 9.17) is 10.5 Å². The Balaban J connectivity index is 2.11. The van der Waals surface area contributed by atoms with E-state index in [1.165, 1.54) is 43.3 Å². The van der Waals surface area contributed by atoms with Gasteiger partial charge in [-0.3, -0.25) is 14.4 Å². The zero-order valence-corrected chi connectivity index (χ0v) is 14.7. The minimum absolute atomic E-state index is 0.0805. The molecule has 28 heavy (non-hydrogen) atoms. The number of carbonyl (C=O) groups is 3. The van der Waals surface area contributed by atoms with Crippen molar-refractivity contribution >= 4 is 17.8 Å². The van der Waals surface area contributed by atoms with E-state index >= 15 is 0 Å². The average Bonchev–Trinajstić information content (AvgIpc) is 2.60. The number of alkyl halides is 3. The van der Waals surface area contributed by atoms with Gasteiger partial charge in [0.15, 0.2) is 0 Å². The number of carbonyl (C=O) groups excluding carboxylic acids is 3. The maximum atomic E-state index is 12.6. The molecule has 0 heterocycles. The Kier molecular flexibility index (Phi) is 6.40. The highest BCUT2D eigenvalue weighted by Gasteiger charge is 2.30. The molecule has 0 bridgehead atoms. The van der Waals surface area contributed by atoms with E-state index < -0.39 is 35.6 Å². The van der Waals surface area contributed by atoms with Gasteiger partial charge in [-0.1, -0.05) is 18.2 Å². The summed E-state index contributed by atoms with van der Waals surface area (Å²) in [5.41, 5.74) is 5.00. The summed E-state index contributed by atoms with van der Waals surface area (Å²) < 4.78 is 42.7. The van der Waals surface area contributed by atoms with E-state index in [1.807, 2.05) is 0 Å². The number of hydrogen-bond acceptors (Lipinski definition) is 4. The third-order valence-electron chi connectivity index (χ3n) is 3.73. The van der Waals surface area contributed by atoms with Gasteiger partial charge >= 0.3 is 12.1 Å². The van der Waals surface area contributed by atoms with Crippen LogP contribution in [-0.2, 0) is 22.2 Å². The number of nitrogens with one attached hydrogen (secondary N) is 1. The van der Waals surface area contributed by atoms with Crippen LogP contribution in [0.4, 0.5) is 13.2 Å². The van der Waals surface area contributed by atoms with Gasteiger partial charge in [0, 0.05) is 18.9 Å². The van der Waals surface area contributed by atoms with E-state index in [-0.39, 0.29) is 17.7 Å². The maximum Gasteiger partial charge on any atom is 0.416 e. The molecule has 0 unspecified atom stereocenters. The molecule has 0 spiro atoms. The molecular weight excluding hydrogens is 377 g/mol. The molecule has 9 heteroatoms. The van der Waals surface area contributed by atoms with Crippen LogP contribution in [0.25, 0.3) is 0 Å². The first-order valence-corrected chi connectivity index (χ1v) is 8.11. The minimum Gasteiger partial charge on any atom is -0.427 e. The fourth-order valence-corrected chi connectivity index (χ4v) is 2.40. The molecule has 0 aliphatic rings. The monoisotopic (exact) mass is 394 g/mol. The molecule has 0 saturated heterocycles. The first-order chi connectivity index (χ1) is 13.1. The van der Waals surface area contributed by atoms with Crippen LogP contribution in [0.1, 0.15) is 28.4 Å². The average molecular weight is 394 g/mol. The highest BCUT2D eigenvalue weighted by molar-refractivity contribution is 5.97. The second kappa shape index (κ2) is 8.55. The second-order valence-electron chi connectivity index (χ2n) is 5.95. The Morgan fingerprint density at radius 1 is 1.11 bits per heavy atom. The van der Waals surface area contributed by atoms with Crippen molar-refractivity contribution in [3.63, 3.8) is 0 Å². The van der Waals surface area contributed by atoms with Crippen LogP contribution in [0.3, 0.4) is 0 Å². The maximum absolute atomic E-state index is 12.6. The summed E-state index contributed by atoms with van der Waals surface area (Å²) >= 11 is 0. The largest absolute Gasteiger partial charge is 0.427 e. The number of benzene rings is 2. The summed E-state index contributed by atoms with van der Waals surface area (Å²) in [6.07, 6.45) is -4.55. The molecule has 0 radical (unpaired) electrons. The molecule has 1 atom stereocenters. The molecule has 0 fully saturated rings. The molecule has 0 saturated carbocycles. The third-order valence-corrected chi connectivity index (χ3v) is 3.73. The lowest BCUT2D eigenvalue weighted by Crippen LogP contribution is -2.45. The Bertz CT molecular complexity index is 879. The molecule has 0 aliphatic carbocycles. The van der Waals surface area contributed by atoms with Crippen molar-refractivity contribution in [2.45, 2.75) is 25.6 Å². The van der Waals surface area contributed by atoms with Gasteiger partial charge in [-0.25, -0.2) is 0 Å². The summed E-state index contributed by atoms with van der Waals surface area (Å²) in [5, 5.41) is 2.43. The van der Waals surface area contributed by atoms with Gasteiger partial charge in [0.05, 0.1) is 5.56 Å². The number of nitrogens with two attached hydrogens (primary N) is 1. The quantitative estimate of drug-likeness (QED) is 0.581. The predicted octanol–water partition coefficient (Wildman–Crippen LogP) is 2.46. The first-order valence-electron chi connectivity index (χ1n) is 8.11. The third kappa shape index (κ3) is 5.83. The minimum atomic E-state index is -4.47. The highest BCUT2D eigenvalue weighted by atomic mass is 19.4. The van der Waals surface area contributed by atoms with Gasteiger partial charge in [0.25, 0.3) is 5.91 Å². The van der Waals surface area contributed by atoms with Gasteiger partial charge < -0.3 is 15.8 Å². The summed E-state index contributed by atoms with van der Waals surface area (Å²) in [6, 6.07) is 8.79. The molecule has 148 valence electrons. The van der Waals surface area contributed by atoms with Gasteiger partial charge in [0.2, 0.25) is 5.91 Å². The van der Waals surface area contributed by atoms with E-state index in [9.17, 15) is 27.6 Å². The number of halogens is 3. The number of ether oxygens (including phenoxy) is 1. The Morgan fingerprint density at radius 2 is 1.75 bits per heavy atom. The van der Waals surface area contributed by atoms with Crippen LogP contribution in [-0.4, -0.2) is 23.8 Å². The predicted molar refractivity (Wildman–Crippen MR) is 93.3 cm³/mol. The Morgan fingerprint density at radius 3 is 2.29 bits per heavy atom. The number of amides is 2. The van der Waals surface area contributed by atoms with Crippen molar-refractivity contribution in [2.75, 3.05) is 0 Å². The summed E-state index contributed by atoms with van der Waals surface area (Å²) in [4.78, 5) is 35.0. The molecule has 0 aromatic heterocycles. The summed E-state index contributed by atoms with van der Waals surface area (Å²) in [7, 11) is 0. The molecule has 3 N–H and O–H groups in total. The van der Waals surface area contributed by atoms with Gasteiger partial charge in [-0.15, -0.1) is 0 Å². The molecule has 2 aromatic rings. The van der Waals surface area contributed by atoms with Crippen LogP contribution < -0.4 is 15.8 Å². The van der Waals surface area contributed by atoms with Crippen LogP contribution in [0.5, 0.6) is 5.75 Å². The number of rotatable bonds is 6. The Hall–Kier alpha value is -3.36. The molecule has 0 aliphatic heterocycles. The van der Waals surface area contributed by atoms with Gasteiger partial charge in [-0.05, 0) is 35.9 Å². The van der Waals surface area contributed by atoms with Crippen LogP contribution >= 0.6 is 0 Å². The van der Waals surface area contributed by atoms with E-state index in [2.05, 4.69) is 5.32 Å². The molecule has 2 rings (SSSR count). The summed E-state index contributed by atoms with van der Waals surface area (Å²) in [6.45, 7) is 1.21. The number of esters is 1. The SMILES string of the molecule is CC(=O)Oc1cccc(C(=O)N[C@@H](Cc2ccc(C(F)(F)F)cc2)C(N)=O)c1. The lowest BCUT2D eigenvalue weighted by Gasteiger charge is -2.16. The fourth-order valence-electron chi connectivity index (χ4n) is 2.40. The number of primary amides is 1. The van der Waals surface area contributed by atoms with E-state index in [0.717, 1.165) is 12.1 Å². The van der Waals surface area contributed by atoms with Crippen molar-refractivity contribution in [2.24, 2.45) is 5.73 Å². The van der Waals surface area contributed by atoms with Crippen LogP contribution in [0, 0.1) is 0 Å². The Labute approximate surface area is 158 Å². The smallest absolute Gasteiger partial charge is 0.416 e. The zero-order valence-electron chi connectivity index (χ0n) is 14.7. The van der Waals surface area contributed by atoms with E-state index in [1.54, 1.807) is 0 Å². The van der Waals surface area contributed by atoms with Crippen molar-refractivity contribution in [1.29, 1.82) is 0 Å². The summed E-state index contributed by atoms with van der Waals surface area (Å²) in [5.74, 6) is -1.90. The first kappa shape index (κ1) is 20.9. The normalized spacial score (nSPS) is 12.1. The van der Waals surface area contributed by atoms with Crippen molar-refractivity contribution in [1.82, 2.24) is 5.32 Å². The zero-order chi connectivity index (χ0) is 20.9. The van der Waals surface area contributed by atoms with Crippen LogP contribution in [0.2, 0.25) is 0 Å². The number of hydrogen-bond donors (Lipinski definition) is 2. The standard InChI is InChI=1S/C19H17F3N2O4/c1-11(25)28-15-4-2-3-13(10-15)18(27)24-16(17(23)26)9-12-5-7-14(8-6-12)19(20,21)22/h2-8,10,16H,9H2,1H3,(H2,23,26)(H,24,27)/t16-/m0/s1. The van der Waals surface area contributed by atoms with Crippen LogP contribution in [0.15, 0.2) is 48.5 Å². The van der Waals surface area contributed by atoms with Gasteiger partial charge in [0.1, 0.15) is 11.8 Å². The second-order valence-corrected chi connectivity index (χ2v) is 5.95. The fraction of sp³-hybridized carbons (Fsp3) is 0.211. The van der Waals surface area contributed by atoms with Crippen molar-refractivity contribution < 1.29 is 32.3 Å². The lowest BCUT2D eigenvalue weighted by molar-refractivity contribution is -0.137.